The smallest absolute Gasteiger partial charge is 0.251 e. The number of amides is 1. The number of rotatable bonds is 6. The van der Waals surface area contributed by atoms with Crippen LogP contribution in [-0.2, 0) is 13.0 Å². The van der Waals surface area contributed by atoms with Crippen molar-refractivity contribution in [3.05, 3.63) is 65.0 Å². The predicted octanol–water partition coefficient (Wildman–Crippen LogP) is 3.20. The Morgan fingerprint density at radius 1 is 1.32 bits per heavy atom. The number of benzene rings is 1. The normalized spacial score (nSPS) is 17.6. The number of hydrogen-bond donors (Lipinski definition) is 1. The largest absolute Gasteiger partial charge is 0.352 e. The number of nitrogens with one attached hydrogen (secondary N) is 1. The fraction of sp³-hybridized carbons (Fsp3) is 0.429. The van der Waals surface area contributed by atoms with Crippen LogP contribution < -0.4 is 5.32 Å². The molecule has 1 aliphatic rings. The van der Waals surface area contributed by atoms with Crippen LogP contribution in [0.4, 0.5) is 0 Å². The van der Waals surface area contributed by atoms with Crippen molar-refractivity contribution in [2.24, 2.45) is 5.92 Å². The molecule has 1 aliphatic heterocycles. The van der Waals surface area contributed by atoms with Crippen LogP contribution in [0.3, 0.4) is 0 Å². The Kier molecular flexibility index (Phi) is 5.82. The van der Waals surface area contributed by atoms with Gasteiger partial charge in [-0.1, -0.05) is 30.7 Å². The number of hydrogen-bond acceptors (Lipinski definition) is 3. The number of aryl methyl sites for hydroxylation is 2. The Bertz CT molecular complexity index is 711. The lowest BCUT2D eigenvalue weighted by molar-refractivity contribution is 0.0947. The van der Waals surface area contributed by atoms with Gasteiger partial charge in [0.05, 0.1) is 5.69 Å². The lowest BCUT2D eigenvalue weighted by atomic mass is 10.1. The van der Waals surface area contributed by atoms with E-state index < -0.39 is 0 Å². The highest BCUT2D eigenvalue weighted by atomic mass is 16.1. The second-order valence-electron chi connectivity index (χ2n) is 6.98. The summed E-state index contributed by atoms with van der Waals surface area (Å²) in [7, 11) is 0. The first-order valence-corrected chi connectivity index (χ1v) is 9.15. The molecule has 4 heteroatoms. The third kappa shape index (κ3) is 4.89. The molecule has 0 radical (unpaired) electrons. The number of aromatic nitrogens is 1. The number of carbonyl (C=O) groups is 1. The molecule has 1 atom stereocenters. The van der Waals surface area contributed by atoms with Crippen molar-refractivity contribution >= 4 is 5.91 Å². The van der Waals surface area contributed by atoms with Crippen LogP contribution in [0, 0.1) is 12.8 Å². The molecule has 0 saturated carbocycles. The van der Waals surface area contributed by atoms with Gasteiger partial charge in [-0.25, -0.2) is 0 Å². The summed E-state index contributed by atoms with van der Waals surface area (Å²) in [5.74, 6) is 0.544. The molecule has 4 nitrogen and oxygen atoms in total. The van der Waals surface area contributed by atoms with E-state index in [4.69, 9.17) is 0 Å². The number of pyridine rings is 1. The highest BCUT2D eigenvalue weighted by molar-refractivity contribution is 5.94. The molecule has 2 aromatic rings. The topological polar surface area (TPSA) is 45.2 Å². The first-order valence-electron chi connectivity index (χ1n) is 9.15. The number of nitrogens with zero attached hydrogens (tertiary/aromatic N) is 2. The van der Waals surface area contributed by atoms with Crippen LogP contribution in [0.15, 0.2) is 42.6 Å². The van der Waals surface area contributed by atoms with Gasteiger partial charge in [0, 0.05) is 31.4 Å². The molecule has 0 aliphatic carbocycles. The van der Waals surface area contributed by atoms with Gasteiger partial charge >= 0.3 is 0 Å². The fourth-order valence-electron chi connectivity index (χ4n) is 3.34. The molecule has 3 rings (SSSR count). The summed E-state index contributed by atoms with van der Waals surface area (Å²) in [4.78, 5) is 19.2. The van der Waals surface area contributed by atoms with E-state index in [2.05, 4.69) is 34.3 Å². The van der Waals surface area contributed by atoms with Crippen LogP contribution in [-0.4, -0.2) is 35.4 Å². The van der Waals surface area contributed by atoms with Crippen LogP contribution in [0.2, 0.25) is 0 Å². The maximum atomic E-state index is 12.3. The molecular weight excluding hydrogens is 310 g/mol. The Labute approximate surface area is 150 Å². The zero-order valence-electron chi connectivity index (χ0n) is 15.2. The summed E-state index contributed by atoms with van der Waals surface area (Å²) in [5, 5.41) is 3.09. The highest BCUT2D eigenvalue weighted by Crippen LogP contribution is 2.18. The summed E-state index contributed by atoms with van der Waals surface area (Å²) in [6.07, 6.45) is 4.13. The maximum Gasteiger partial charge on any atom is 0.251 e. The highest BCUT2D eigenvalue weighted by Gasteiger charge is 2.23. The monoisotopic (exact) mass is 337 g/mol. The van der Waals surface area contributed by atoms with Crippen molar-refractivity contribution in [1.29, 1.82) is 0 Å². The van der Waals surface area contributed by atoms with Gasteiger partial charge in [-0.05, 0) is 56.0 Å². The molecule has 1 saturated heterocycles. The fourth-order valence-corrected chi connectivity index (χ4v) is 3.34. The Balaban J connectivity index is 1.45. The zero-order chi connectivity index (χ0) is 17.6. The van der Waals surface area contributed by atoms with Crippen molar-refractivity contribution in [3.63, 3.8) is 0 Å². The van der Waals surface area contributed by atoms with E-state index in [1.165, 1.54) is 5.56 Å². The number of carbonyl (C=O) groups excluding carboxylic acids is 1. The zero-order valence-corrected chi connectivity index (χ0v) is 15.2. The van der Waals surface area contributed by atoms with E-state index in [0.29, 0.717) is 5.92 Å². The average molecular weight is 337 g/mol. The van der Waals surface area contributed by atoms with Crippen molar-refractivity contribution in [3.8, 4) is 0 Å². The van der Waals surface area contributed by atoms with Gasteiger partial charge in [0.2, 0.25) is 0 Å². The first kappa shape index (κ1) is 17.6. The third-order valence-electron chi connectivity index (χ3n) is 4.88. The summed E-state index contributed by atoms with van der Waals surface area (Å²) in [6, 6.07) is 12.0. The molecule has 2 heterocycles. The van der Waals surface area contributed by atoms with Crippen LogP contribution in [0.25, 0.3) is 0 Å². The standard InChI is InChI=1S/C21H27N3O/c1-3-17-7-8-20(22-12-17)15-24-10-9-18(14-24)13-23-21(25)19-6-4-5-16(2)11-19/h4-8,11-12,18H,3,9-10,13-15H2,1-2H3,(H,23,25)/t18-/m0/s1. The van der Waals surface area contributed by atoms with Gasteiger partial charge in [-0.3, -0.25) is 14.7 Å². The van der Waals surface area contributed by atoms with Gasteiger partial charge in [0.1, 0.15) is 0 Å². The molecule has 1 amide bonds. The molecule has 1 aromatic heterocycles. The average Bonchev–Trinajstić information content (AvgIpc) is 3.08. The predicted molar refractivity (Wildman–Crippen MR) is 101 cm³/mol. The van der Waals surface area contributed by atoms with E-state index in [1.54, 1.807) is 0 Å². The van der Waals surface area contributed by atoms with E-state index >= 15 is 0 Å². The van der Waals surface area contributed by atoms with Gasteiger partial charge in [0.25, 0.3) is 5.91 Å². The lowest BCUT2D eigenvalue weighted by Gasteiger charge is -2.16. The van der Waals surface area contributed by atoms with Gasteiger partial charge in [-0.15, -0.1) is 0 Å². The first-order chi connectivity index (χ1) is 12.1. The van der Waals surface area contributed by atoms with Gasteiger partial charge in [-0.2, -0.15) is 0 Å². The van der Waals surface area contributed by atoms with Crippen LogP contribution in [0.1, 0.15) is 40.5 Å². The minimum absolute atomic E-state index is 0.0268. The maximum absolute atomic E-state index is 12.3. The van der Waals surface area contributed by atoms with E-state index in [1.807, 2.05) is 37.4 Å². The SMILES string of the molecule is CCc1ccc(CN2CC[C@@H](CNC(=O)c3cccc(C)c3)C2)nc1. The quantitative estimate of drug-likeness (QED) is 0.880. The van der Waals surface area contributed by atoms with E-state index in [0.717, 1.165) is 55.8 Å². The minimum atomic E-state index is 0.0268. The summed E-state index contributed by atoms with van der Waals surface area (Å²) >= 11 is 0. The molecule has 25 heavy (non-hydrogen) atoms. The molecular formula is C21H27N3O. The third-order valence-corrected chi connectivity index (χ3v) is 4.88. The summed E-state index contributed by atoms with van der Waals surface area (Å²) in [6.45, 7) is 7.88. The van der Waals surface area contributed by atoms with Gasteiger partial charge < -0.3 is 5.32 Å². The Hall–Kier alpha value is -2.20. The molecule has 1 fully saturated rings. The lowest BCUT2D eigenvalue weighted by Crippen LogP contribution is -2.31. The molecule has 0 unspecified atom stereocenters. The molecule has 1 aromatic carbocycles. The van der Waals surface area contributed by atoms with E-state index in [-0.39, 0.29) is 5.91 Å². The van der Waals surface area contributed by atoms with Crippen molar-refractivity contribution in [1.82, 2.24) is 15.2 Å². The molecule has 0 spiro atoms. The van der Waals surface area contributed by atoms with Crippen molar-refractivity contribution < 1.29 is 4.79 Å². The van der Waals surface area contributed by atoms with Crippen molar-refractivity contribution in [2.45, 2.75) is 33.2 Å². The summed E-state index contributed by atoms with van der Waals surface area (Å²) in [5.41, 5.74) is 4.26. The molecule has 132 valence electrons. The molecule has 0 bridgehead atoms. The van der Waals surface area contributed by atoms with E-state index in [9.17, 15) is 4.79 Å². The van der Waals surface area contributed by atoms with Crippen molar-refractivity contribution in [2.75, 3.05) is 19.6 Å². The Morgan fingerprint density at radius 2 is 2.20 bits per heavy atom. The minimum Gasteiger partial charge on any atom is -0.352 e. The second-order valence-corrected chi connectivity index (χ2v) is 6.98. The Morgan fingerprint density at radius 3 is 2.92 bits per heavy atom. The summed E-state index contributed by atoms with van der Waals surface area (Å²) < 4.78 is 0. The van der Waals surface area contributed by atoms with Crippen LogP contribution in [0.5, 0.6) is 0 Å². The van der Waals surface area contributed by atoms with Crippen LogP contribution >= 0.6 is 0 Å². The van der Waals surface area contributed by atoms with Gasteiger partial charge in [0.15, 0.2) is 0 Å². The molecule has 1 N–H and O–H groups in total. The second kappa shape index (κ2) is 8.26. The number of likely N-dealkylation sites (tertiary alicyclic amines) is 1.